The lowest BCUT2D eigenvalue weighted by Gasteiger charge is -2.26. The molecule has 0 radical (unpaired) electrons. The van der Waals surface area contributed by atoms with Crippen molar-refractivity contribution >= 4 is 17.8 Å². The number of rotatable bonds is 4. The Labute approximate surface area is 165 Å². The third-order valence-corrected chi connectivity index (χ3v) is 5.43. The first-order valence-corrected chi connectivity index (χ1v) is 9.73. The summed E-state index contributed by atoms with van der Waals surface area (Å²) in [5.74, 6) is 0.920. The maximum absolute atomic E-state index is 5.73. The molecule has 0 amide bonds. The lowest BCUT2D eigenvalue weighted by molar-refractivity contribution is 0.226. The average molecular weight is 377 g/mol. The molecule has 138 valence electrons. The van der Waals surface area contributed by atoms with Gasteiger partial charge in [0.2, 0.25) is 4.77 Å². The van der Waals surface area contributed by atoms with Crippen molar-refractivity contribution in [3.8, 4) is 5.69 Å². The van der Waals surface area contributed by atoms with Gasteiger partial charge in [-0.15, -0.1) is 0 Å². The van der Waals surface area contributed by atoms with Crippen LogP contribution >= 0.6 is 12.2 Å². The summed E-state index contributed by atoms with van der Waals surface area (Å²) in [6.07, 6.45) is 3.38. The molecule has 0 atom stereocenters. The molecule has 0 N–H and O–H groups in total. The van der Waals surface area contributed by atoms with Crippen molar-refractivity contribution in [2.75, 3.05) is 13.1 Å². The van der Waals surface area contributed by atoms with Crippen LogP contribution in [-0.4, -0.2) is 32.3 Å². The van der Waals surface area contributed by atoms with Crippen LogP contribution in [0.1, 0.15) is 23.4 Å². The van der Waals surface area contributed by atoms with E-state index in [1.165, 1.54) is 16.7 Å². The van der Waals surface area contributed by atoms with Gasteiger partial charge in [0.15, 0.2) is 0 Å². The van der Waals surface area contributed by atoms with Gasteiger partial charge in [0.25, 0.3) is 0 Å². The van der Waals surface area contributed by atoms with E-state index in [0.717, 1.165) is 42.5 Å². The largest absolute Gasteiger partial charge is 0.280 e. The van der Waals surface area contributed by atoms with Crippen molar-refractivity contribution in [1.82, 2.24) is 19.2 Å². The molecule has 2 aromatic carbocycles. The minimum Gasteiger partial charge on any atom is -0.280 e. The zero-order valence-electron chi connectivity index (χ0n) is 15.8. The fourth-order valence-electron chi connectivity index (χ4n) is 3.62. The van der Waals surface area contributed by atoms with Crippen molar-refractivity contribution in [3.63, 3.8) is 0 Å². The van der Waals surface area contributed by atoms with E-state index in [1.54, 1.807) is 0 Å². The minimum atomic E-state index is 0.719. The first kappa shape index (κ1) is 17.9. The van der Waals surface area contributed by atoms with Gasteiger partial charge in [-0.2, -0.15) is 5.10 Å². The van der Waals surface area contributed by atoms with Crippen LogP contribution in [0.15, 0.2) is 60.7 Å². The molecular formula is C22H24N4S. The SMILES string of the molecule is Cc1cccc(-n2c(C)nn(CN3CC=C(c4ccccc4)CC3)c2=S)c1. The van der Waals surface area contributed by atoms with Gasteiger partial charge in [0.1, 0.15) is 5.82 Å². The summed E-state index contributed by atoms with van der Waals surface area (Å²) >= 11 is 5.73. The van der Waals surface area contributed by atoms with Gasteiger partial charge in [0.05, 0.1) is 6.67 Å². The standard InChI is InChI=1S/C22H24N4S/c1-17-7-6-10-21(15-17)26-18(2)23-25(22(26)27)16-24-13-11-20(12-14-24)19-8-4-3-5-9-19/h3-11,15H,12-14,16H2,1-2H3. The summed E-state index contributed by atoms with van der Waals surface area (Å²) in [4.78, 5) is 2.38. The summed E-state index contributed by atoms with van der Waals surface area (Å²) in [6, 6.07) is 19.0. The van der Waals surface area contributed by atoms with Crippen molar-refractivity contribution in [2.45, 2.75) is 26.9 Å². The highest BCUT2D eigenvalue weighted by atomic mass is 32.1. The number of hydrogen-bond donors (Lipinski definition) is 0. The second kappa shape index (κ2) is 7.62. The van der Waals surface area contributed by atoms with Gasteiger partial charge in [-0.3, -0.25) is 9.47 Å². The summed E-state index contributed by atoms with van der Waals surface area (Å²) < 4.78 is 4.74. The molecule has 3 aromatic rings. The Bertz CT molecular complexity index is 1030. The first-order valence-electron chi connectivity index (χ1n) is 9.32. The molecule has 4 nitrogen and oxygen atoms in total. The van der Waals surface area contributed by atoms with Crippen LogP contribution in [-0.2, 0) is 6.67 Å². The third-order valence-electron chi connectivity index (χ3n) is 5.03. The highest BCUT2D eigenvalue weighted by Crippen LogP contribution is 2.22. The highest BCUT2D eigenvalue weighted by Gasteiger charge is 2.16. The number of aryl methyl sites for hydroxylation is 2. The molecule has 1 aliphatic rings. The molecule has 1 aromatic heterocycles. The zero-order valence-corrected chi connectivity index (χ0v) is 16.6. The molecule has 27 heavy (non-hydrogen) atoms. The second-order valence-electron chi connectivity index (χ2n) is 7.07. The molecule has 2 heterocycles. The van der Waals surface area contributed by atoms with Gasteiger partial charge in [-0.25, -0.2) is 4.68 Å². The summed E-state index contributed by atoms with van der Waals surface area (Å²) in [5.41, 5.74) is 5.05. The molecular weight excluding hydrogens is 352 g/mol. The van der Waals surface area contributed by atoms with E-state index >= 15 is 0 Å². The van der Waals surface area contributed by atoms with Crippen molar-refractivity contribution in [1.29, 1.82) is 0 Å². The van der Waals surface area contributed by atoms with Crippen LogP contribution in [0.5, 0.6) is 0 Å². The normalized spacial score (nSPS) is 15.0. The maximum atomic E-state index is 5.73. The molecule has 0 fully saturated rings. The first-order chi connectivity index (χ1) is 13.1. The Morgan fingerprint density at radius 3 is 2.56 bits per heavy atom. The van der Waals surface area contributed by atoms with E-state index < -0.39 is 0 Å². The molecule has 1 aliphatic heterocycles. The van der Waals surface area contributed by atoms with Gasteiger partial charge >= 0.3 is 0 Å². The topological polar surface area (TPSA) is 26.0 Å². The quantitative estimate of drug-likeness (QED) is 0.614. The van der Waals surface area contributed by atoms with E-state index in [-0.39, 0.29) is 0 Å². The number of nitrogens with zero attached hydrogens (tertiary/aromatic N) is 4. The van der Waals surface area contributed by atoms with E-state index in [1.807, 2.05) is 11.6 Å². The van der Waals surface area contributed by atoms with Crippen molar-refractivity contribution in [3.05, 3.63) is 82.4 Å². The zero-order chi connectivity index (χ0) is 18.8. The number of aromatic nitrogens is 3. The van der Waals surface area contributed by atoms with Crippen LogP contribution in [0.25, 0.3) is 11.3 Å². The Morgan fingerprint density at radius 2 is 1.85 bits per heavy atom. The molecule has 0 spiro atoms. The molecule has 0 bridgehead atoms. The van der Waals surface area contributed by atoms with Crippen LogP contribution < -0.4 is 0 Å². The van der Waals surface area contributed by atoms with Gasteiger partial charge in [0, 0.05) is 18.8 Å². The fourth-order valence-corrected chi connectivity index (χ4v) is 3.95. The lowest BCUT2D eigenvalue weighted by Crippen LogP contribution is -2.31. The predicted octanol–water partition coefficient (Wildman–Crippen LogP) is 4.77. The minimum absolute atomic E-state index is 0.719. The van der Waals surface area contributed by atoms with Crippen LogP contribution in [0.2, 0.25) is 0 Å². The van der Waals surface area contributed by atoms with Crippen molar-refractivity contribution < 1.29 is 0 Å². The lowest BCUT2D eigenvalue weighted by atomic mass is 10.00. The Balaban J connectivity index is 1.52. The molecule has 0 unspecified atom stereocenters. The van der Waals surface area contributed by atoms with Crippen LogP contribution in [0, 0.1) is 18.6 Å². The summed E-state index contributed by atoms with van der Waals surface area (Å²) in [5, 5.41) is 4.70. The summed E-state index contributed by atoms with van der Waals surface area (Å²) in [6.45, 7) is 6.76. The van der Waals surface area contributed by atoms with E-state index in [9.17, 15) is 0 Å². The Hall–Kier alpha value is -2.50. The van der Waals surface area contributed by atoms with Gasteiger partial charge in [-0.05, 0) is 61.3 Å². The third kappa shape index (κ3) is 3.80. The molecule has 4 rings (SSSR count). The van der Waals surface area contributed by atoms with E-state index in [2.05, 4.69) is 77.1 Å². The van der Waals surface area contributed by atoms with Gasteiger partial charge in [-0.1, -0.05) is 48.5 Å². The molecule has 0 saturated carbocycles. The predicted molar refractivity (Wildman–Crippen MR) is 112 cm³/mol. The molecule has 0 saturated heterocycles. The monoisotopic (exact) mass is 376 g/mol. The average Bonchev–Trinajstić information content (AvgIpc) is 2.96. The Morgan fingerprint density at radius 1 is 1.04 bits per heavy atom. The number of benzene rings is 2. The molecule has 0 aliphatic carbocycles. The van der Waals surface area contributed by atoms with Crippen LogP contribution in [0.3, 0.4) is 0 Å². The Kier molecular flexibility index (Phi) is 5.05. The highest BCUT2D eigenvalue weighted by molar-refractivity contribution is 7.71. The van der Waals surface area contributed by atoms with Gasteiger partial charge < -0.3 is 0 Å². The molecule has 5 heteroatoms. The van der Waals surface area contributed by atoms with E-state index in [0.29, 0.717) is 0 Å². The van der Waals surface area contributed by atoms with Crippen molar-refractivity contribution in [2.24, 2.45) is 0 Å². The number of hydrogen-bond acceptors (Lipinski definition) is 3. The summed E-state index contributed by atoms with van der Waals surface area (Å²) in [7, 11) is 0. The smallest absolute Gasteiger partial charge is 0.203 e. The van der Waals surface area contributed by atoms with Crippen LogP contribution in [0.4, 0.5) is 0 Å². The maximum Gasteiger partial charge on any atom is 0.203 e. The second-order valence-corrected chi connectivity index (χ2v) is 7.43. The van der Waals surface area contributed by atoms with E-state index in [4.69, 9.17) is 17.3 Å². The fraction of sp³-hybridized carbons (Fsp3) is 0.273.